The van der Waals surface area contributed by atoms with Gasteiger partial charge in [0.15, 0.2) is 0 Å². The molecule has 1 fully saturated rings. The maximum absolute atomic E-state index is 13.4. The van der Waals surface area contributed by atoms with Crippen molar-refractivity contribution in [2.75, 3.05) is 19.7 Å². The van der Waals surface area contributed by atoms with Crippen LogP contribution in [-0.2, 0) is 11.3 Å². The van der Waals surface area contributed by atoms with Crippen LogP contribution in [0.1, 0.15) is 12.0 Å². The van der Waals surface area contributed by atoms with Gasteiger partial charge in [-0.25, -0.2) is 4.39 Å². The molecule has 0 amide bonds. The second kappa shape index (κ2) is 5.75. The van der Waals surface area contributed by atoms with Crippen LogP contribution in [0, 0.1) is 11.7 Å². The molecule has 88 valence electrons. The summed E-state index contributed by atoms with van der Waals surface area (Å²) in [7, 11) is 0. The van der Waals surface area contributed by atoms with Crippen LogP contribution in [0.3, 0.4) is 0 Å². The Labute approximate surface area is 103 Å². The Morgan fingerprint density at radius 2 is 2.38 bits per heavy atom. The Morgan fingerprint density at radius 1 is 1.50 bits per heavy atom. The van der Waals surface area contributed by atoms with Gasteiger partial charge in [0.25, 0.3) is 0 Å². The molecule has 1 aromatic rings. The van der Waals surface area contributed by atoms with E-state index in [0.29, 0.717) is 24.7 Å². The number of hydrogen-bond acceptors (Lipinski definition) is 2. The van der Waals surface area contributed by atoms with Crippen molar-refractivity contribution in [2.45, 2.75) is 13.0 Å². The Bertz CT molecular complexity index is 353. The van der Waals surface area contributed by atoms with E-state index in [0.717, 1.165) is 24.0 Å². The minimum Gasteiger partial charge on any atom is -0.376 e. The summed E-state index contributed by atoms with van der Waals surface area (Å²) in [4.78, 5) is 0. The molecule has 1 atom stereocenters. The monoisotopic (exact) mass is 287 g/mol. The summed E-state index contributed by atoms with van der Waals surface area (Å²) in [5, 5.41) is 3.28. The summed E-state index contributed by atoms with van der Waals surface area (Å²) in [6.45, 7) is 3.14. The number of halogens is 2. The predicted octanol–water partition coefficient (Wildman–Crippen LogP) is 2.71. The van der Waals surface area contributed by atoms with E-state index >= 15 is 0 Å². The van der Waals surface area contributed by atoms with Gasteiger partial charge in [-0.15, -0.1) is 0 Å². The number of rotatable bonds is 4. The van der Waals surface area contributed by atoms with E-state index in [4.69, 9.17) is 4.74 Å². The first-order valence-corrected chi connectivity index (χ1v) is 6.27. The molecule has 16 heavy (non-hydrogen) atoms. The largest absolute Gasteiger partial charge is 0.376 e. The standard InChI is InChI=1S/C12H15BrFNO/c13-11-1-2-12(14)10(5-11)8-16-7-9-3-4-15-6-9/h1-2,5,9,15H,3-4,6-8H2. The molecule has 0 saturated carbocycles. The first-order chi connectivity index (χ1) is 7.75. The van der Waals surface area contributed by atoms with Crippen molar-refractivity contribution >= 4 is 15.9 Å². The van der Waals surface area contributed by atoms with Gasteiger partial charge in [-0.05, 0) is 37.1 Å². The average Bonchev–Trinajstić information content (AvgIpc) is 2.76. The third kappa shape index (κ3) is 3.27. The van der Waals surface area contributed by atoms with Gasteiger partial charge in [-0.2, -0.15) is 0 Å². The van der Waals surface area contributed by atoms with Crippen LogP contribution >= 0.6 is 15.9 Å². The molecule has 0 spiro atoms. The first kappa shape index (κ1) is 12.0. The van der Waals surface area contributed by atoms with Crippen molar-refractivity contribution in [1.82, 2.24) is 5.32 Å². The molecule has 2 rings (SSSR count). The minimum absolute atomic E-state index is 0.201. The summed E-state index contributed by atoms with van der Waals surface area (Å²) >= 11 is 3.32. The molecule has 1 aromatic carbocycles. The summed E-state index contributed by atoms with van der Waals surface area (Å²) in [6.07, 6.45) is 1.15. The number of nitrogens with one attached hydrogen (secondary N) is 1. The number of hydrogen-bond donors (Lipinski definition) is 1. The van der Waals surface area contributed by atoms with Gasteiger partial charge < -0.3 is 10.1 Å². The van der Waals surface area contributed by atoms with Gasteiger partial charge in [0.2, 0.25) is 0 Å². The van der Waals surface area contributed by atoms with Crippen molar-refractivity contribution < 1.29 is 9.13 Å². The lowest BCUT2D eigenvalue weighted by Gasteiger charge is -2.10. The lowest BCUT2D eigenvalue weighted by atomic mass is 10.1. The van der Waals surface area contributed by atoms with Crippen LogP contribution in [0.25, 0.3) is 0 Å². The molecule has 1 heterocycles. The maximum atomic E-state index is 13.4. The molecule has 1 N–H and O–H groups in total. The Balaban J connectivity index is 1.82. The normalized spacial score (nSPS) is 20.2. The summed E-state index contributed by atoms with van der Waals surface area (Å²) < 4.78 is 19.8. The molecule has 0 aliphatic carbocycles. The fourth-order valence-corrected chi connectivity index (χ4v) is 2.25. The van der Waals surface area contributed by atoms with Gasteiger partial charge in [0, 0.05) is 16.6 Å². The molecule has 1 aliphatic rings. The highest BCUT2D eigenvalue weighted by Gasteiger charge is 2.14. The van der Waals surface area contributed by atoms with E-state index in [1.165, 1.54) is 6.07 Å². The van der Waals surface area contributed by atoms with E-state index in [2.05, 4.69) is 21.2 Å². The van der Waals surface area contributed by atoms with Crippen LogP contribution < -0.4 is 5.32 Å². The molecule has 2 nitrogen and oxygen atoms in total. The second-order valence-corrected chi connectivity index (χ2v) is 5.03. The third-order valence-corrected chi connectivity index (χ3v) is 3.27. The van der Waals surface area contributed by atoms with Crippen molar-refractivity contribution in [1.29, 1.82) is 0 Å². The molecule has 4 heteroatoms. The highest BCUT2D eigenvalue weighted by atomic mass is 79.9. The highest BCUT2D eigenvalue weighted by Crippen LogP contribution is 2.17. The number of benzene rings is 1. The zero-order valence-electron chi connectivity index (χ0n) is 9.01. The van der Waals surface area contributed by atoms with Crippen molar-refractivity contribution in [2.24, 2.45) is 5.92 Å². The fraction of sp³-hybridized carbons (Fsp3) is 0.500. The molecule has 1 unspecified atom stereocenters. The maximum Gasteiger partial charge on any atom is 0.128 e. The Hall–Kier alpha value is -0.450. The van der Waals surface area contributed by atoms with Gasteiger partial charge in [0.05, 0.1) is 13.2 Å². The topological polar surface area (TPSA) is 21.3 Å². The van der Waals surface area contributed by atoms with Crippen molar-refractivity contribution in [3.05, 3.63) is 34.1 Å². The summed E-state index contributed by atoms with van der Waals surface area (Å²) in [6, 6.07) is 4.92. The van der Waals surface area contributed by atoms with E-state index in [9.17, 15) is 4.39 Å². The van der Waals surface area contributed by atoms with Gasteiger partial charge >= 0.3 is 0 Å². The minimum atomic E-state index is -0.201. The number of ether oxygens (including phenoxy) is 1. The molecule has 0 radical (unpaired) electrons. The van der Waals surface area contributed by atoms with Crippen molar-refractivity contribution in [3.63, 3.8) is 0 Å². The van der Waals surface area contributed by atoms with Crippen molar-refractivity contribution in [3.8, 4) is 0 Å². The van der Waals surface area contributed by atoms with Gasteiger partial charge in [0.1, 0.15) is 5.82 Å². The summed E-state index contributed by atoms with van der Waals surface area (Å²) in [5.41, 5.74) is 0.611. The molecule has 1 aliphatic heterocycles. The van der Waals surface area contributed by atoms with E-state index in [-0.39, 0.29) is 5.82 Å². The zero-order valence-corrected chi connectivity index (χ0v) is 10.6. The predicted molar refractivity (Wildman–Crippen MR) is 64.7 cm³/mol. The quantitative estimate of drug-likeness (QED) is 0.919. The van der Waals surface area contributed by atoms with Crippen LogP contribution in [0.2, 0.25) is 0 Å². The molecular weight excluding hydrogens is 273 g/mol. The SMILES string of the molecule is Fc1ccc(Br)cc1COCC1CCNC1. The van der Waals surface area contributed by atoms with Crippen LogP contribution in [-0.4, -0.2) is 19.7 Å². The molecule has 1 saturated heterocycles. The Morgan fingerprint density at radius 3 is 3.12 bits per heavy atom. The highest BCUT2D eigenvalue weighted by molar-refractivity contribution is 9.10. The van der Waals surface area contributed by atoms with E-state index in [1.54, 1.807) is 12.1 Å². The van der Waals surface area contributed by atoms with Gasteiger partial charge in [-0.3, -0.25) is 0 Å². The smallest absolute Gasteiger partial charge is 0.128 e. The average molecular weight is 288 g/mol. The van der Waals surface area contributed by atoms with Crippen LogP contribution in [0.4, 0.5) is 4.39 Å². The lowest BCUT2D eigenvalue weighted by Crippen LogP contribution is -2.14. The molecular formula is C12H15BrFNO. The van der Waals surface area contributed by atoms with E-state index in [1.807, 2.05) is 0 Å². The Kier molecular flexibility index (Phi) is 4.32. The molecule has 0 bridgehead atoms. The first-order valence-electron chi connectivity index (χ1n) is 5.48. The van der Waals surface area contributed by atoms with Crippen LogP contribution in [0.5, 0.6) is 0 Å². The fourth-order valence-electron chi connectivity index (χ4n) is 1.85. The lowest BCUT2D eigenvalue weighted by molar-refractivity contribution is 0.0905. The van der Waals surface area contributed by atoms with E-state index < -0.39 is 0 Å². The molecule has 0 aromatic heterocycles. The second-order valence-electron chi connectivity index (χ2n) is 4.11. The zero-order chi connectivity index (χ0) is 11.4. The van der Waals surface area contributed by atoms with Crippen LogP contribution in [0.15, 0.2) is 22.7 Å². The summed E-state index contributed by atoms with van der Waals surface area (Å²) in [5.74, 6) is 0.378. The van der Waals surface area contributed by atoms with Gasteiger partial charge in [-0.1, -0.05) is 15.9 Å². The third-order valence-electron chi connectivity index (χ3n) is 2.78.